The lowest BCUT2D eigenvalue weighted by molar-refractivity contribution is 0.0521. The van der Waals surface area contributed by atoms with Crippen LogP contribution in [0.5, 0.6) is 0 Å². The van der Waals surface area contributed by atoms with E-state index < -0.39 is 11.7 Å². The Morgan fingerprint density at radius 3 is 2.74 bits per heavy atom. The first-order valence-corrected chi connectivity index (χ1v) is 8.18. The number of aromatic nitrogens is 2. The number of rotatable bonds is 3. The molecule has 0 fully saturated rings. The van der Waals surface area contributed by atoms with Gasteiger partial charge in [-0.15, -0.1) is 0 Å². The highest BCUT2D eigenvalue weighted by Crippen LogP contribution is 2.26. The first-order valence-electron chi connectivity index (χ1n) is 7.39. The van der Waals surface area contributed by atoms with Crippen molar-refractivity contribution in [2.45, 2.75) is 46.3 Å². The lowest BCUT2D eigenvalue weighted by Crippen LogP contribution is -2.35. The van der Waals surface area contributed by atoms with Crippen LogP contribution in [0.15, 0.2) is 16.6 Å². The highest BCUT2D eigenvalue weighted by molar-refractivity contribution is 9.10. The van der Waals surface area contributed by atoms with Gasteiger partial charge in [0.05, 0.1) is 11.6 Å². The highest BCUT2D eigenvalue weighted by atomic mass is 79.9. The number of benzene rings is 1. The van der Waals surface area contributed by atoms with E-state index in [9.17, 15) is 9.18 Å². The van der Waals surface area contributed by atoms with Crippen LogP contribution < -0.4 is 5.32 Å². The molecule has 0 aliphatic rings. The molecule has 1 aromatic heterocycles. The van der Waals surface area contributed by atoms with E-state index in [2.05, 4.69) is 26.2 Å². The summed E-state index contributed by atoms with van der Waals surface area (Å²) in [4.78, 5) is 16.0. The topological polar surface area (TPSA) is 56.2 Å². The molecule has 1 atom stereocenters. The molecule has 0 unspecified atom stereocenters. The summed E-state index contributed by atoms with van der Waals surface area (Å²) in [6, 6.07) is 3.12. The third-order valence-electron chi connectivity index (χ3n) is 3.27. The van der Waals surface area contributed by atoms with Crippen molar-refractivity contribution in [2.75, 3.05) is 6.54 Å². The molecule has 0 bridgehead atoms. The van der Waals surface area contributed by atoms with Crippen molar-refractivity contribution in [2.24, 2.45) is 0 Å². The zero-order valence-corrected chi connectivity index (χ0v) is 15.5. The number of halogens is 2. The Hall–Kier alpha value is -1.63. The molecule has 5 nitrogen and oxygen atoms in total. The summed E-state index contributed by atoms with van der Waals surface area (Å²) < 4.78 is 21.8. The van der Waals surface area contributed by atoms with Crippen LogP contribution >= 0.6 is 15.9 Å². The standard InChI is InChI=1S/C16H21BrFN3O2/c1-9(8-19-15(22)23-16(3,4)5)21-10(2)20-14-12(18)6-11(17)7-13(14)21/h6-7,9H,8H2,1-5H3,(H,19,22)/t9-/m0/s1. The van der Waals surface area contributed by atoms with E-state index in [1.54, 1.807) is 0 Å². The molecular formula is C16H21BrFN3O2. The summed E-state index contributed by atoms with van der Waals surface area (Å²) in [6.45, 7) is 9.54. The Balaban J connectivity index is 2.20. The minimum atomic E-state index is -0.543. The molecule has 1 aromatic carbocycles. The molecule has 126 valence electrons. The van der Waals surface area contributed by atoms with E-state index >= 15 is 0 Å². The number of alkyl carbamates (subject to hydrolysis) is 1. The predicted molar refractivity (Wildman–Crippen MR) is 91.1 cm³/mol. The van der Waals surface area contributed by atoms with Gasteiger partial charge in [-0.3, -0.25) is 0 Å². The molecule has 0 aliphatic heterocycles. The van der Waals surface area contributed by atoms with Crippen molar-refractivity contribution in [3.05, 3.63) is 28.2 Å². The first-order chi connectivity index (χ1) is 10.6. The number of ether oxygens (including phenoxy) is 1. The van der Waals surface area contributed by atoms with Gasteiger partial charge >= 0.3 is 6.09 Å². The van der Waals surface area contributed by atoms with Crippen molar-refractivity contribution < 1.29 is 13.9 Å². The smallest absolute Gasteiger partial charge is 0.407 e. The van der Waals surface area contributed by atoms with E-state index in [1.807, 2.05) is 45.3 Å². The van der Waals surface area contributed by atoms with Crippen LogP contribution in [-0.4, -0.2) is 27.8 Å². The Morgan fingerprint density at radius 1 is 1.48 bits per heavy atom. The lowest BCUT2D eigenvalue weighted by atomic mass is 10.2. The fraction of sp³-hybridized carbons (Fsp3) is 0.500. The van der Waals surface area contributed by atoms with Gasteiger partial charge in [0, 0.05) is 11.0 Å². The maximum atomic E-state index is 14.0. The number of fused-ring (bicyclic) bond motifs is 1. The molecule has 0 radical (unpaired) electrons. The number of carbonyl (C=O) groups excluding carboxylic acids is 1. The highest BCUT2D eigenvalue weighted by Gasteiger charge is 2.19. The van der Waals surface area contributed by atoms with E-state index in [0.717, 1.165) is 0 Å². The number of hydrogen-bond donors (Lipinski definition) is 1. The monoisotopic (exact) mass is 385 g/mol. The minimum Gasteiger partial charge on any atom is -0.444 e. The third-order valence-corrected chi connectivity index (χ3v) is 3.73. The van der Waals surface area contributed by atoms with Crippen LogP contribution in [0.25, 0.3) is 11.0 Å². The van der Waals surface area contributed by atoms with Gasteiger partial charge in [-0.05, 0) is 46.8 Å². The molecule has 23 heavy (non-hydrogen) atoms. The van der Waals surface area contributed by atoms with Crippen LogP contribution in [0, 0.1) is 12.7 Å². The molecule has 1 amide bonds. The molecule has 0 saturated heterocycles. The average Bonchev–Trinajstić information content (AvgIpc) is 2.71. The maximum Gasteiger partial charge on any atom is 0.407 e. The number of nitrogens with one attached hydrogen (secondary N) is 1. The number of carbonyl (C=O) groups is 1. The van der Waals surface area contributed by atoms with E-state index in [-0.39, 0.29) is 11.9 Å². The molecule has 7 heteroatoms. The number of imidazole rings is 1. The molecule has 1 N–H and O–H groups in total. The third kappa shape index (κ3) is 4.22. The summed E-state index contributed by atoms with van der Waals surface area (Å²) in [6.07, 6.45) is -0.473. The zero-order chi connectivity index (χ0) is 17.4. The number of hydrogen-bond acceptors (Lipinski definition) is 3. The van der Waals surface area contributed by atoms with Crippen molar-refractivity contribution >= 4 is 33.1 Å². The Morgan fingerprint density at radius 2 is 2.13 bits per heavy atom. The van der Waals surface area contributed by atoms with Gasteiger partial charge in [-0.2, -0.15) is 0 Å². The Kier molecular flexibility index (Phi) is 4.98. The van der Waals surface area contributed by atoms with Gasteiger partial charge in [0.1, 0.15) is 16.9 Å². The average molecular weight is 386 g/mol. The Labute approximate surface area is 143 Å². The summed E-state index contributed by atoms with van der Waals surface area (Å²) in [5.74, 6) is 0.319. The molecular weight excluding hydrogens is 365 g/mol. The second kappa shape index (κ2) is 6.47. The molecule has 2 rings (SSSR count). The Bertz CT molecular complexity index is 737. The second-order valence-electron chi connectivity index (χ2n) is 6.52. The fourth-order valence-corrected chi connectivity index (χ4v) is 2.85. The van der Waals surface area contributed by atoms with Gasteiger partial charge < -0.3 is 14.6 Å². The number of nitrogens with zero attached hydrogens (tertiary/aromatic N) is 2. The summed E-state index contributed by atoms with van der Waals surface area (Å²) in [7, 11) is 0. The van der Waals surface area contributed by atoms with Crippen molar-refractivity contribution in [1.29, 1.82) is 0 Å². The van der Waals surface area contributed by atoms with Crippen LogP contribution in [-0.2, 0) is 4.74 Å². The summed E-state index contributed by atoms with van der Waals surface area (Å²) >= 11 is 3.30. The van der Waals surface area contributed by atoms with Gasteiger partial charge in [0.2, 0.25) is 0 Å². The quantitative estimate of drug-likeness (QED) is 0.854. The van der Waals surface area contributed by atoms with Crippen molar-refractivity contribution in [3.8, 4) is 0 Å². The van der Waals surface area contributed by atoms with Crippen molar-refractivity contribution in [1.82, 2.24) is 14.9 Å². The summed E-state index contributed by atoms with van der Waals surface area (Å²) in [5.41, 5.74) is 0.474. The lowest BCUT2D eigenvalue weighted by Gasteiger charge is -2.22. The van der Waals surface area contributed by atoms with Crippen LogP contribution in [0.4, 0.5) is 9.18 Å². The number of aryl methyl sites for hydroxylation is 1. The number of amides is 1. The SMILES string of the molecule is Cc1nc2c(F)cc(Br)cc2n1[C@@H](C)CNC(=O)OC(C)(C)C. The van der Waals surface area contributed by atoms with Crippen molar-refractivity contribution in [3.63, 3.8) is 0 Å². The minimum absolute atomic E-state index is 0.0961. The zero-order valence-electron chi connectivity index (χ0n) is 13.9. The van der Waals surface area contributed by atoms with Gasteiger partial charge in [-0.1, -0.05) is 15.9 Å². The largest absolute Gasteiger partial charge is 0.444 e. The van der Waals surface area contributed by atoms with E-state index in [4.69, 9.17) is 4.74 Å². The maximum absolute atomic E-state index is 14.0. The molecule has 0 saturated carbocycles. The van der Waals surface area contributed by atoms with Gasteiger partial charge in [0.15, 0.2) is 5.82 Å². The first kappa shape index (κ1) is 17.7. The molecule has 0 spiro atoms. The summed E-state index contributed by atoms with van der Waals surface area (Å²) in [5, 5.41) is 2.73. The fourth-order valence-electron chi connectivity index (χ4n) is 2.43. The van der Waals surface area contributed by atoms with E-state index in [0.29, 0.717) is 27.9 Å². The van der Waals surface area contributed by atoms with E-state index in [1.165, 1.54) is 6.07 Å². The molecule has 0 aliphatic carbocycles. The molecule has 1 heterocycles. The van der Waals surface area contributed by atoms with Gasteiger partial charge in [0.25, 0.3) is 0 Å². The predicted octanol–water partition coefficient (Wildman–Crippen LogP) is 4.33. The van der Waals surface area contributed by atoms with Crippen LogP contribution in [0.1, 0.15) is 39.6 Å². The second-order valence-corrected chi connectivity index (χ2v) is 7.43. The molecule has 2 aromatic rings. The van der Waals surface area contributed by atoms with Crippen LogP contribution in [0.3, 0.4) is 0 Å². The normalized spacial score (nSPS) is 13.2. The van der Waals surface area contributed by atoms with Crippen LogP contribution in [0.2, 0.25) is 0 Å². The van der Waals surface area contributed by atoms with Gasteiger partial charge in [-0.25, -0.2) is 14.2 Å².